The normalized spacial score (nSPS) is 12.2. The van der Waals surface area contributed by atoms with Crippen LogP contribution in [0.2, 0.25) is 0 Å². The first kappa shape index (κ1) is 22.7. The van der Waals surface area contributed by atoms with Crippen molar-refractivity contribution in [1.82, 2.24) is 10.6 Å². The van der Waals surface area contributed by atoms with Crippen LogP contribution >= 0.6 is 0 Å². The lowest BCUT2D eigenvalue weighted by Gasteiger charge is -2.18. The molecular formula is C23H26N2O5. The third kappa shape index (κ3) is 6.77. The van der Waals surface area contributed by atoms with Gasteiger partial charge in [-0.3, -0.25) is 9.59 Å². The number of methoxy groups -OCH3 is 1. The van der Waals surface area contributed by atoms with Gasteiger partial charge >= 0.3 is 5.97 Å². The average molecular weight is 410 g/mol. The summed E-state index contributed by atoms with van der Waals surface area (Å²) in [5, 5.41) is 14.5. The molecule has 0 aromatic heterocycles. The van der Waals surface area contributed by atoms with Gasteiger partial charge in [0.05, 0.1) is 7.11 Å². The molecule has 3 N–H and O–H groups in total. The minimum Gasteiger partial charge on any atom is -0.497 e. The highest BCUT2D eigenvalue weighted by atomic mass is 16.5. The molecule has 0 unspecified atom stereocenters. The van der Waals surface area contributed by atoms with Crippen molar-refractivity contribution in [2.45, 2.75) is 26.3 Å². The largest absolute Gasteiger partial charge is 0.497 e. The molecule has 0 heterocycles. The fraction of sp³-hybridized carbons (Fsp3) is 0.261. The number of benzene rings is 2. The highest BCUT2D eigenvalue weighted by Crippen LogP contribution is 2.13. The molecule has 0 saturated carbocycles. The average Bonchev–Trinajstić information content (AvgIpc) is 2.73. The van der Waals surface area contributed by atoms with Crippen LogP contribution in [0.4, 0.5) is 0 Å². The Morgan fingerprint density at radius 1 is 1.03 bits per heavy atom. The van der Waals surface area contributed by atoms with Crippen molar-refractivity contribution < 1.29 is 24.2 Å². The summed E-state index contributed by atoms with van der Waals surface area (Å²) in [6.45, 7) is 3.74. The number of hydrogen-bond donors (Lipinski definition) is 3. The van der Waals surface area contributed by atoms with Crippen LogP contribution in [0.15, 0.2) is 60.3 Å². The van der Waals surface area contributed by atoms with Gasteiger partial charge in [0.1, 0.15) is 17.5 Å². The van der Waals surface area contributed by atoms with E-state index < -0.39 is 23.8 Å². The van der Waals surface area contributed by atoms with Crippen molar-refractivity contribution in [3.05, 3.63) is 71.4 Å². The Hall–Kier alpha value is -3.61. The lowest BCUT2D eigenvalue weighted by Crippen LogP contribution is -2.45. The van der Waals surface area contributed by atoms with E-state index >= 15 is 0 Å². The number of ether oxygens (including phenoxy) is 1. The number of amides is 2. The van der Waals surface area contributed by atoms with Crippen molar-refractivity contribution in [3.8, 4) is 5.75 Å². The van der Waals surface area contributed by atoms with Crippen molar-refractivity contribution in [2.75, 3.05) is 7.11 Å². The van der Waals surface area contributed by atoms with E-state index in [4.69, 9.17) is 4.74 Å². The molecule has 0 fully saturated rings. The van der Waals surface area contributed by atoms with E-state index in [1.54, 1.807) is 48.5 Å². The van der Waals surface area contributed by atoms with Crippen LogP contribution in [-0.2, 0) is 9.59 Å². The van der Waals surface area contributed by atoms with E-state index in [0.717, 1.165) is 0 Å². The summed E-state index contributed by atoms with van der Waals surface area (Å²) in [5.74, 6) is -1.62. The maximum atomic E-state index is 12.8. The first-order chi connectivity index (χ1) is 14.3. The first-order valence-corrected chi connectivity index (χ1v) is 9.56. The molecule has 0 bridgehead atoms. The fourth-order valence-corrected chi connectivity index (χ4v) is 2.74. The van der Waals surface area contributed by atoms with Crippen molar-refractivity contribution in [3.63, 3.8) is 0 Å². The molecule has 1 atom stereocenters. The SMILES string of the molecule is COc1ccc(C(=O)N/C(=C\c2ccccc2)C(=O)N[C@H](CC(C)C)C(=O)O)cc1. The molecule has 0 aliphatic heterocycles. The number of carboxylic acid groups (broad SMARTS) is 1. The van der Waals surface area contributed by atoms with Crippen LogP contribution in [0.1, 0.15) is 36.2 Å². The van der Waals surface area contributed by atoms with Gasteiger partial charge in [0.2, 0.25) is 0 Å². The second kappa shape index (κ2) is 10.8. The van der Waals surface area contributed by atoms with Gasteiger partial charge in [-0.2, -0.15) is 0 Å². The Morgan fingerprint density at radius 2 is 1.67 bits per heavy atom. The number of carbonyl (C=O) groups is 3. The lowest BCUT2D eigenvalue weighted by atomic mass is 10.0. The Kier molecular flexibility index (Phi) is 8.17. The third-order valence-electron chi connectivity index (χ3n) is 4.27. The summed E-state index contributed by atoms with van der Waals surface area (Å²) in [6.07, 6.45) is 1.77. The summed E-state index contributed by atoms with van der Waals surface area (Å²) in [5.41, 5.74) is 0.977. The first-order valence-electron chi connectivity index (χ1n) is 9.56. The number of nitrogens with one attached hydrogen (secondary N) is 2. The van der Waals surface area contributed by atoms with Gasteiger partial charge in [-0.25, -0.2) is 4.79 Å². The van der Waals surface area contributed by atoms with Crippen molar-refractivity contribution in [1.29, 1.82) is 0 Å². The predicted molar refractivity (Wildman–Crippen MR) is 114 cm³/mol. The quantitative estimate of drug-likeness (QED) is 0.551. The molecular weight excluding hydrogens is 384 g/mol. The van der Waals surface area contributed by atoms with Crippen molar-refractivity contribution >= 4 is 23.9 Å². The summed E-state index contributed by atoms with van der Waals surface area (Å²) in [4.78, 5) is 37.0. The second-order valence-electron chi connectivity index (χ2n) is 7.15. The Bertz CT molecular complexity index is 905. The molecule has 30 heavy (non-hydrogen) atoms. The summed E-state index contributed by atoms with van der Waals surface area (Å²) in [7, 11) is 1.52. The maximum absolute atomic E-state index is 12.8. The molecule has 2 amide bonds. The van der Waals surface area contributed by atoms with Crippen molar-refractivity contribution in [2.24, 2.45) is 5.92 Å². The van der Waals surface area contributed by atoms with E-state index in [-0.39, 0.29) is 18.0 Å². The molecule has 0 radical (unpaired) electrons. The second-order valence-corrected chi connectivity index (χ2v) is 7.15. The minimum atomic E-state index is -1.13. The molecule has 0 spiro atoms. The predicted octanol–water partition coefficient (Wildman–Crippen LogP) is 3.08. The highest BCUT2D eigenvalue weighted by Gasteiger charge is 2.24. The van der Waals surface area contributed by atoms with E-state index in [1.165, 1.54) is 13.2 Å². The Morgan fingerprint density at radius 3 is 2.20 bits per heavy atom. The van der Waals surface area contributed by atoms with E-state index in [2.05, 4.69) is 10.6 Å². The van der Waals surface area contributed by atoms with Crippen LogP contribution in [0.3, 0.4) is 0 Å². The molecule has 7 nitrogen and oxygen atoms in total. The summed E-state index contributed by atoms with van der Waals surface area (Å²) >= 11 is 0. The molecule has 0 aliphatic rings. The number of carboxylic acids is 1. The van der Waals surface area contributed by atoms with Gasteiger partial charge in [-0.1, -0.05) is 44.2 Å². The van der Waals surface area contributed by atoms with E-state index in [1.807, 2.05) is 19.9 Å². The monoisotopic (exact) mass is 410 g/mol. The zero-order valence-corrected chi connectivity index (χ0v) is 17.2. The smallest absolute Gasteiger partial charge is 0.326 e. The van der Waals surface area contributed by atoms with Gasteiger partial charge in [-0.15, -0.1) is 0 Å². The lowest BCUT2D eigenvalue weighted by molar-refractivity contribution is -0.141. The molecule has 2 aromatic rings. The topological polar surface area (TPSA) is 105 Å². The zero-order valence-electron chi connectivity index (χ0n) is 17.2. The van der Waals surface area contributed by atoms with Crippen LogP contribution < -0.4 is 15.4 Å². The number of rotatable bonds is 9. The van der Waals surface area contributed by atoms with Gasteiger partial charge in [0.15, 0.2) is 0 Å². The van der Waals surface area contributed by atoms with Crippen LogP contribution in [-0.4, -0.2) is 36.0 Å². The van der Waals surface area contributed by atoms with Crippen LogP contribution in [0, 0.1) is 5.92 Å². The summed E-state index contributed by atoms with van der Waals surface area (Å²) in [6, 6.07) is 14.3. The summed E-state index contributed by atoms with van der Waals surface area (Å²) < 4.78 is 5.08. The molecule has 7 heteroatoms. The van der Waals surface area contributed by atoms with Gasteiger partial charge < -0.3 is 20.5 Å². The van der Waals surface area contributed by atoms with Gasteiger partial charge in [-0.05, 0) is 48.2 Å². The van der Waals surface area contributed by atoms with Gasteiger partial charge in [0.25, 0.3) is 11.8 Å². The number of aliphatic carboxylic acids is 1. The molecule has 0 aliphatic carbocycles. The fourth-order valence-electron chi connectivity index (χ4n) is 2.74. The molecule has 2 aromatic carbocycles. The van der Waals surface area contributed by atoms with Crippen LogP contribution in [0.5, 0.6) is 5.75 Å². The highest BCUT2D eigenvalue weighted by molar-refractivity contribution is 6.06. The maximum Gasteiger partial charge on any atom is 0.326 e. The molecule has 0 saturated heterocycles. The van der Waals surface area contributed by atoms with Crippen LogP contribution in [0.25, 0.3) is 6.08 Å². The standard InChI is InChI=1S/C23H26N2O5/c1-15(2)13-20(23(28)29)25-22(27)19(14-16-7-5-4-6-8-16)24-21(26)17-9-11-18(30-3)12-10-17/h4-12,14-15,20H,13H2,1-3H3,(H,24,26)(H,25,27)(H,28,29)/b19-14-/t20-/m1/s1. The number of carbonyl (C=O) groups excluding carboxylic acids is 2. The minimum absolute atomic E-state index is 0.0444. The zero-order chi connectivity index (χ0) is 22.1. The molecule has 2 rings (SSSR count). The van der Waals surface area contributed by atoms with Gasteiger partial charge in [0, 0.05) is 5.56 Å². The van der Waals surface area contributed by atoms with E-state index in [0.29, 0.717) is 16.9 Å². The van der Waals surface area contributed by atoms with E-state index in [9.17, 15) is 19.5 Å². The third-order valence-corrected chi connectivity index (χ3v) is 4.27. The Labute approximate surface area is 175 Å². The Balaban J connectivity index is 2.27. The molecule has 158 valence electrons. The number of hydrogen-bond acceptors (Lipinski definition) is 4.